The fourth-order valence-electron chi connectivity index (χ4n) is 3.10. The molecule has 0 aliphatic heterocycles. The molecule has 13 nitrogen and oxygen atoms in total. The van der Waals surface area contributed by atoms with Crippen LogP contribution in [0, 0.1) is 0 Å². The highest BCUT2D eigenvalue weighted by Crippen LogP contribution is 2.45. The van der Waals surface area contributed by atoms with Gasteiger partial charge >= 0.3 is 11.9 Å². The van der Waals surface area contributed by atoms with Crippen LogP contribution < -0.4 is 10.8 Å². The van der Waals surface area contributed by atoms with Gasteiger partial charge in [-0.15, -0.1) is 0 Å². The second-order valence-electron chi connectivity index (χ2n) is 9.15. The van der Waals surface area contributed by atoms with Crippen molar-refractivity contribution in [3.8, 4) is 0 Å². The summed E-state index contributed by atoms with van der Waals surface area (Å²) in [6, 6.07) is 0. The van der Waals surface area contributed by atoms with E-state index < -0.39 is 44.1 Å². The average Bonchev–Trinajstić information content (AvgIpc) is 3.20. The number of carbonyl (C=O) groups is 2. The van der Waals surface area contributed by atoms with Gasteiger partial charge in [0.25, 0.3) is 7.52 Å². The smallest absolute Gasteiger partial charge is 0.332 e. The van der Waals surface area contributed by atoms with Crippen molar-refractivity contribution in [2.45, 2.75) is 78.7 Å². The number of hydrogen-bond donors (Lipinski definition) is 2. The number of nitrogen functional groups attached to an aromatic ring is 1. The number of fused-ring (bicyclic) bond motifs is 1. The minimum atomic E-state index is -3.88. The SMILES string of the molecule is CCCCOC(=O)C(C)(C)NP(=O)(COC(C)Cn1cnc2c(N)ncnc21)OCC(=O)OC(C)C. The highest BCUT2D eigenvalue weighted by Gasteiger charge is 2.39. The highest BCUT2D eigenvalue weighted by atomic mass is 31.2. The number of ether oxygens (including phenoxy) is 3. The van der Waals surface area contributed by atoms with Gasteiger partial charge in [-0.25, -0.2) is 24.8 Å². The second kappa shape index (κ2) is 13.1. The molecular weight excluding hydrogens is 491 g/mol. The third kappa shape index (κ3) is 8.81. The Morgan fingerprint density at radius 2 is 1.94 bits per heavy atom. The Bertz CT molecular complexity index is 1070. The van der Waals surface area contributed by atoms with Crippen molar-refractivity contribution in [3.05, 3.63) is 12.7 Å². The first kappa shape index (κ1) is 29.6. The van der Waals surface area contributed by atoms with E-state index in [-0.39, 0.29) is 18.5 Å². The molecule has 0 aromatic carbocycles. The number of carbonyl (C=O) groups excluding carboxylic acids is 2. The Labute approximate surface area is 210 Å². The Hall–Kier alpha value is -2.60. The van der Waals surface area contributed by atoms with Crippen molar-refractivity contribution in [2.24, 2.45) is 0 Å². The zero-order valence-electron chi connectivity index (χ0n) is 21.7. The molecule has 2 atom stereocenters. The quantitative estimate of drug-likeness (QED) is 0.197. The number of anilines is 1. The maximum absolute atomic E-state index is 13.7. The lowest BCUT2D eigenvalue weighted by Gasteiger charge is -2.30. The lowest BCUT2D eigenvalue weighted by atomic mass is 10.1. The molecule has 3 N–H and O–H groups in total. The maximum Gasteiger partial charge on any atom is 0.332 e. The second-order valence-corrected chi connectivity index (χ2v) is 11.2. The summed E-state index contributed by atoms with van der Waals surface area (Å²) in [6.07, 6.45) is 3.21. The molecule has 0 bridgehead atoms. The summed E-state index contributed by atoms with van der Waals surface area (Å²) in [5, 5.41) is 2.73. The molecule has 0 radical (unpaired) electrons. The third-order valence-electron chi connectivity index (χ3n) is 4.86. The fourth-order valence-corrected chi connectivity index (χ4v) is 5.02. The van der Waals surface area contributed by atoms with E-state index in [1.165, 1.54) is 20.2 Å². The molecule has 0 saturated heterocycles. The number of rotatable bonds is 15. The summed E-state index contributed by atoms with van der Waals surface area (Å²) in [5.74, 6) is -1.03. The molecule has 0 saturated carbocycles. The molecule has 2 heterocycles. The molecule has 36 heavy (non-hydrogen) atoms. The Kier molecular flexibility index (Phi) is 10.8. The number of hydrogen-bond acceptors (Lipinski definition) is 11. The van der Waals surface area contributed by atoms with Crippen molar-refractivity contribution in [3.63, 3.8) is 0 Å². The van der Waals surface area contributed by atoms with Crippen molar-refractivity contribution < 1.29 is 32.9 Å². The number of unbranched alkanes of at least 4 members (excludes halogenated alkanes) is 1. The summed E-state index contributed by atoms with van der Waals surface area (Å²) in [6.45, 7) is 10.1. The van der Waals surface area contributed by atoms with E-state index in [0.717, 1.165) is 6.42 Å². The van der Waals surface area contributed by atoms with Crippen molar-refractivity contribution in [2.75, 3.05) is 25.3 Å². The monoisotopic (exact) mass is 528 g/mol. The van der Waals surface area contributed by atoms with Gasteiger partial charge in [-0.3, -0.25) is 9.36 Å². The minimum Gasteiger partial charge on any atom is -0.464 e. The predicted octanol–water partition coefficient (Wildman–Crippen LogP) is 2.64. The van der Waals surface area contributed by atoms with Crippen LogP contribution in [0.1, 0.15) is 54.4 Å². The molecule has 2 aromatic rings. The molecular formula is C22H37N6O7P. The predicted molar refractivity (Wildman–Crippen MR) is 133 cm³/mol. The molecule has 0 spiro atoms. The van der Waals surface area contributed by atoms with E-state index in [9.17, 15) is 14.2 Å². The number of esters is 2. The van der Waals surface area contributed by atoms with Gasteiger partial charge in [-0.2, -0.15) is 0 Å². The van der Waals surface area contributed by atoms with E-state index in [2.05, 4.69) is 20.0 Å². The zero-order chi connectivity index (χ0) is 26.9. The Morgan fingerprint density at radius 1 is 1.22 bits per heavy atom. The van der Waals surface area contributed by atoms with Crippen LogP contribution >= 0.6 is 7.52 Å². The summed E-state index contributed by atoms with van der Waals surface area (Å²) < 4.78 is 37.0. The number of imidazole rings is 1. The number of nitrogens with zero attached hydrogens (tertiary/aromatic N) is 4. The highest BCUT2D eigenvalue weighted by molar-refractivity contribution is 7.56. The van der Waals surface area contributed by atoms with Crippen LogP contribution in [0.25, 0.3) is 11.2 Å². The minimum absolute atomic E-state index is 0.243. The van der Waals surface area contributed by atoms with Crippen LogP contribution in [-0.4, -0.2) is 68.8 Å². The average molecular weight is 529 g/mol. The van der Waals surface area contributed by atoms with Gasteiger partial charge in [0.15, 0.2) is 18.1 Å². The maximum atomic E-state index is 13.7. The Balaban J connectivity index is 2.10. The van der Waals surface area contributed by atoms with Crippen molar-refractivity contribution in [1.29, 1.82) is 0 Å². The number of nitrogens with two attached hydrogens (primary N) is 1. The van der Waals surface area contributed by atoms with E-state index >= 15 is 0 Å². The molecule has 2 rings (SSSR count). The summed E-state index contributed by atoms with van der Waals surface area (Å²) in [7, 11) is -3.88. The summed E-state index contributed by atoms with van der Waals surface area (Å²) in [4.78, 5) is 36.9. The van der Waals surface area contributed by atoms with Crippen LogP contribution in [0.4, 0.5) is 5.82 Å². The molecule has 0 fully saturated rings. The normalized spacial score (nSPS) is 14.5. The van der Waals surface area contributed by atoms with Crippen molar-refractivity contribution in [1.82, 2.24) is 24.6 Å². The summed E-state index contributed by atoms with van der Waals surface area (Å²) in [5.41, 5.74) is 5.46. The first-order valence-corrected chi connectivity index (χ1v) is 13.6. The van der Waals surface area contributed by atoms with Gasteiger partial charge in [-0.1, -0.05) is 13.3 Å². The van der Waals surface area contributed by atoms with E-state index in [4.69, 9.17) is 24.5 Å². The van der Waals surface area contributed by atoms with E-state index in [1.54, 1.807) is 31.7 Å². The van der Waals surface area contributed by atoms with Crippen LogP contribution in [0.2, 0.25) is 0 Å². The number of nitrogens with one attached hydrogen (secondary N) is 1. The van der Waals surface area contributed by atoms with Crippen molar-refractivity contribution >= 4 is 36.4 Å². The van der Waals surface area contributed by atoms with Gasteiger partial charge in [-0.05, 0) is 41.0 Å². The largest absolute Gasteiger partial charge is 0.464 e. The third-order valence-corrected chi connectivity index (χ3v) is 6.80. The first-order valence-electron chi connectivity index (χ1n) is 11.8. The summed E-state index contributed by atoms with van der Waals surface area (Å²) >= 11 is 0. The molecule has 202 valence electrons. The lowest BCUT2D eigenvalue weighted by molar-refractivity contribution is -0.149. The standard InChI is InChI=1S/C22H37N6O7P/c1-7-8-9-32-21(30)22(5,6)27-36(31,34-11-17(29)35-15(2)3)14-33-16(4)10-28-13-26-18-19(23)24-12-25-20(18)28/h12-13,15-16H,7-11,14H2,1-6H3,(H,27,31)(H2,23,24,25). The van der Waals surface area contributed by atoms with Gasteiger partial charge < -0.3 is 29.0 Å². The van der Waals surface area contributed by atoms with Gasteiger partial charge in [0.2, 0.25) is 0 Å². The van der Waals surface area contributed by atoms with Crippen LogP contribution in [0.3, 0.4) is 0 Å². The van der Waals surface area contributed by atoms with Gasteiger partial charge in [0, 0.05) is 0 Å². The molecule has 0 aliphatic rings. The zero-order valence-corrected chi connectivity index (χ0v) is 22.6. The molecule has 2 unspecified atom stereocenters. The van der Waals surface area contributed by atoms with Crippen LogP contribution in [-0.2, 0) is 39.4 Å². The number of aromatic nitrogens is 4. The van der Waals surface area contributed by atoms with E-state index in [1.807, 2.05) is 6.92 Å². The Morgan fingerprint density at radius 3 is 2.61 bits per heavy atom. The molecule has 14 heteroatoms. The molecule has 2 aromatic heterocycles. The van der Waals surface area contributed by atoms with Crippen LogP contribution in [0.15, 0.2) is 12.7 Å². The first-order chi connectivity index (χ1) is 16.9. The fraction of sp³-hybridized carbons (Fsp3) is 0.682. The van der Waals surface area contributed by atoms with Gasteiger partial charge in [0.1, 0.15) is 23.7 Å². The van der Waals surface area contributed by atoms with Crippen LogP contribution in [0.5, 0.6) is 0 Å². The van der Waals surface area contributed by atoms with Gasteiger partial charge in [0.05, 0.1) is 31.7 Å². The topological polar surface area (TPSA) is 170 Å². The molecule has 0 amide bonds. The molecule has 0 aliphatic carbocycles. The van der Waals surface area contributed by atoms with E-state index in [0.29, 0.717) is 24.1 Å². The lowest BCUT2D eigenvalue weighted by Crippen LogP contribution is -2.47.